The van der Waals surface area contributed by atoms with Crippen molar-refractivity contribution < 1.29 is 18.3 Å². The molecule has 0 bridgehead atoms. The summed E-state index contributed by atoms with van der Waals surface area (Å²) < 4.78 is 25.1. The van der Waals surface area contributed by atoms with Crippen LogP contribution in [0.1, 0.15) is 12.5 Å². The average Bonchev–Trinajstić information content (AvgIpc) is 2.21. The van der Waals surface area contributed by atoms with Gasteiger partial charge >= 0.3 is 5.97 Å². The van der Waals surface area contributed by atoms with Gasteiger partial charge in [0.1, 0.15) is 0 Å². The molecule has 0 radical (unpaired) electrons. The number of carboxylic acid groups (broad SMARTS) is 1. The van der Waals surface area contributed by atoms with Crippen LogP contribution in [-0.4, -0.2) is 25.2 Å². The lowest BCUT2D eigenvalue weighted by Crippen LogP contribution is -2.16. The second kappa shape index (κ2) is 5.37. The van der Waals surface area contributed by atoms with E-state index in [1.165, 1.54) is 25.1 Å². The van der Waals surface area contributed by atoms with E-state index in [1.807, 2.05) is 0 Å². The number of sulfonamides is 1. The lowest BCUT2D eigenvalue weighted by atomic mass is 10.1. The molecular weight excluding hydrogens is 266 g/mol. The van der Waals surface area contributed by atoms with Gasteiger partial charge in [0.05, 0.1) is 17.9 Å². The maximum atomic E-state index is 11.4. The summed E-state index contributed by atoms with van der Waals surface area (Å²) in [6.45, 7) is 1.49. The van der Waals surface area contributed by atoms with E-state index < -0.39 is 16.0 Å². The average molecular weight is 278 g/mol. The maximum Gasteiger partial charge on any atom is 0.307 e. The predicted molar refractivity (Wildman–Crippen MR) is 65.9 cm³/mol. The number of benzene rings is 1. The summed E-state index contributed by atoms with van der Waals surface area (Å²) in [6.07, 6.45) is -0.265. The first-order chi connectivity index (χ1) is 7.84. The van der Waals surface area contributed by atoms with Crippen molar-refractivity contribution in [3.8, 4) is 0 Å². The number of aliphatic carboxylic acids is 1. The number of hydrogen-bond donors (Lipinski definition) is 2. The molecule has 0 saturated carbocycles. The Morgan fingerprint density at radius 1 is 1.47 bits per heavy atom. The number of nitrogens with one attached hydrogen (secondary N) is 1. The first-order valence-corrected chi connectivity index (χ1v) is 6.88. The molecule has 2 N–H and O–H groups in total. The van der Waals surface area contributed by atoms with Crippen molar-refractivity contribution in [1.29, 1.82) is 0 Å². The maximum absolute atomic E-state index is 11.4. The summed E-state index contributed by atoms with van der Waals surface area (Å²) in [5.41, 5.74) is 0.584. The lowest BCUT2D eigenvalue weighted by Gasteiger charge is -2.10. The Labute approximate surface area is 104 Å². The fourth-order valence-corrected chi connectivity index (χ4v) is 2.04. The van der Waals surface area contributed by atoms with Crippen LogP contribution in [0.2, 0.25) is 5.02 Å². The second-order valence-corrected chi connectivity index (χ2v) is 5.82. The number of hydrogen-bond acceptors (Lipinski definition) is 3. The minimum Gasteiger partial charge on any atom is -0.481 e. The Kier molecular flexibility index (Phi) is 4.36. The molecule has 0 spiro atoms. The fraction of sp³-hybridized carbons (Fsp3) is 0.300. The molecule has 0 aromatic heterocycles. The molecule has 0 aliphatic carbocycles. The molecule has 1 rings (SSSR count). The highest BCUT2D eigenvalue weighted by molar-refractivity contribution is 7.92. The Morgan fingerprint density at radius 3 is 2.65 bits per heavy atom. The number of carbonyl (C=O) groups is 1. The summed E-state index contributed by atoms with van der Waals surface area (Å²) in [4.78, 5) is 10.6. The van der Waals surface area contributed by atoms with E-state index in [2.05, 4.69) is 4.72 Å². The summed E-state index contributed by atoms with van der Waals surface area (Å²) in [5.74, 6) is -1.13. The van der Waals surface area contributed by atoms with Crippen LogP contribution < -0.4 is 4.72 Å². The molecule has 0 saturated heterocycles. The van der Waals surface area contributed by atoms with Crippen LogP contribution in [0.3, 0.4) is 0 Å². The van der Waals surface area contributed by atoms with E-state index in [4.69, 9.17) is 16.7 Å². The van der Waals surface area contributed by atoms with Crippen molar-refractivity contribution in [3.05, 3.63) is 28.8 Å². The van der Waals surface area contributed by atoms with Crippen LogP contribution in [0.4, 0.5) is 5.69 Å². The summed E-state index contributed by atoms with van der Waals surface area (Å²) in [7, 11) is -3.45. The van der Waals surface area contributed by atoms with E-state index in [0.717, 1.165) is 0 Å². The molecule has 7 heteroatoms. The summed E-state index contributed by atoms with van der Waals surface area (Å²) >= 11 is 5.74. The van der Waals surface area contributed by atoms with Crippen molar-refractivity contribution >= 4 is 33.3 Å². The fourth-order valence-electron chi connectivity index (χ4n) is 1.20. The molecule has 17 heavy (non-hydrogen) atoms. The lowest BCUT2D eigenvalue weighted by molar-refractivity contribution is -0.136. The van der Waals surface area contributed by atoms with Gasteiger partial charge in [-0.1, -0.05) is 17.7 Å². The number of carboxylic acids is 1. The monoisotopic (exact) mass is 277 g/mol. The largest absolute Gasteiger partial charge is 0.481 e. The van der Waals surface area contributed by atoms with Crippen LogP contribution >= 0.6 is 11.6 Å². The highest BCUT2D eigenvalue weighted by Crippen LogP contribution is 2.22. The molecule has 1 aromatic carbocycles. The van der Waals surface area contributed by atoms with Gasteiger partial charge in [-0.05, 0) is 24.6 Å². The Bertz CT molecular complexity index is 527. The van der Waals surface area contributed by atoms with E-state index in [9.17, 15) is 13.2 Å². The van der Waals surface area contributed by atoms with Crippen LogP contribution in [0.25, 0.3) is 0 Å². The molecule has 0 aliphatic heterocycles. The zero-order chi connectivity index (χ0) is 13.1. The van der Waals surface area contributed by atoms with Crippen molar-refractivity contribution in [2.75, 3.05) is 10.5 Å². The van der Waals surface area contributed by atoms with E-state index in [-0.39, 0.29) is 17.9 Å². The van der Waals surface area contributed by atoms with E-state index in [0.29, 0.717) is 10.6 Å². The predicted octanol–water partition coefficient (Wildman–Crippen LogP) is 1.73. The minimum absolute atomic E-state index is 0.0912. The third-order valence-corrected chi connectivity index (χ3v) is 3.59. The molecule has 94 valence electrons. The summed E-state index contributed by atoms with van der Waals surface area (Å²) in [5, 5.41) is 9.05. The molecular formula is C10H12ClNO4S. The van der Waals surface area contributed by atoms with Crippen molar-refractivity contribution in [2.45, 2.75) is 13.3 Å². The number of halogens is 1. The molecule has 0 fully saturated rings. The normalized spacial score (nSPS) is 11.2. The smallest absolute Gasteiger partial charge is 0.307 e. The molecule has 0 unspecified atom stereocenters. The van der Waals surface area contributed by atoms with Gasteiger partial charge in [-0.25, -0.2) is 8.42 Å². The van der Waals surface area contributed by atoms with Gasteiger partial charge < -0.3 is 5.11 Å². The van der Waals surface area contributed by atoms with Crippen LogP contribution in [0, 0.1) is 0 Å². The zero-order valence-corrected chi connectivity index (χ0v) is 10.7. The Hall–Kier alpha value is -1.27. The van der Waals surface area contributed by atoms with Crippen LogP contribution in [-0.2, 0) is 21.2 Å². The van der Waals surface area contributed by atoms with Gasteiger partial charge in [0.25, 0.3) is 0 Å². The van der Waals surface area contributed by atoms with Gasteiger partial charge in [-0.15, -0.1) is 0 Å². The molecule has 0 aliphatic rings. The SMILES string of the molecule is CCS(=O)(=O)Nc1cc(Cl)ccc1CC(=O)O. The van der Waals surface area contributed by atoms with Crippen molar-refractivity contribution in [2.24, 2.45) is 0 Å². The first-order valence-electron chi connectivity index (χ1n) is 4.85. The standard InChI is InChI=1S/C10H12ClNO4S/c1-2-17(15,16)12-9-6-8(11)4-3-7(9)5-10(13)14/h3-4,6,12H,2,5H2,1H3,(H,13,14). The van der Waals surface area contributed by atoms with E-state index >= 15 is 0 Å². The van der Waals surface area contributed by atoms with Gasteiger partial charge in [0.2, 0.25) is 10.0 Å². The third-order valence-electron chi connectivity index (χ3n) is 2.06. The highest BCUT2D eigenvalue weighted by Gasteiger charge is 2.13. The van der Waals surface area contributed by atoms with Crippen LogP contribution in [0.5, 0.6) is 0 Å². The molecule has 0 atom stereocenters. The van der Waals surface area contributed by atoms with Gasteiger partial charge in [-0.2, -0.15) is 0 Å². The minimum atomic E-state index is -3.45. The van der Waals surface area contributed by atoms with Gasteiger partial charge in [0, 0.05) is 5.02 Å². The molecule has 0 amide bonds. The van der Waals surface area contributed by atoms with Gasteiger partial charge in [-0.3, -0.25) is 9.52 Å². The Balaban J connectivity index is 3.11. The van der Waals surface area contributed by atoms with Crippen molar-refractivity contribution in [1.82, 2.24) is 0 Å². The topological polar surface area (TPSA) is 83.5 Å². The second-order valence-electron chi connectivity index (χ2n) is 3.38. The zero-order valence-electron chi connectivity index (χ0n) is 9.10. The number of rotatable bonds is 5. The quantitative estimate of drug-likeness (QED) is 0.858. The third kappa shape index (κ3) is 4.24. The van der Waals surface area contributed by atoms with Gasteiger partial charge in [0.15, 0.2) is 0 Å². The van der Waals surface area contributed by atoms with E-state index in [1.54, 1.807) is 0 Å². The highest BCUT2D eigenvalue weighted by atomic mass is 35.5. The van der Waals surface area contributed by atoms with Crippen LogP contribution in [0.15, 0.2) is 18.2 Å². The van der Waals surface area contributed by atoms with Crippen molar-refractivity contribution in [3.63, 3.8) is 0 Å². The molecule has 5 nitrogen and oxygen atoms in total. The number of anilines is 1. The molecule has 1 aromatic rings. The Morgan fingerprint density at radius 2 is 2.12 bits per heavy atom. The first kappa shape index (κ1) is 13.8. The summed E-state index contributed by atoms with van der Waals surface area (Å²) in [6, 6.07) is 4.40. The molecule has 0 heterocycles.